The molecule has 0 bridgehead atoms. The van der Waals surface area contributed by atoms with E-state index in [9.17, 15) is 14.4 Å². The van der Waals surface area contributed by atoms with E-state index in [2.05, 4.69) is 10.6 Å². The van der Waals surface area contributed by atoms with Crippen LogP contribution in [0.2, 0.25) is 0 Å². The molecule has 0 heterocycles. The van der Waals surface area contributed by atoms with Crippen LogP contribution in [-0.2, 0) is 20.9 Å². The third-order valence-corrected chi connectivity index (χ3v) is 2.97. The molecule has 0 fully saturated rings. The van der Waals surface area contributed by atoms with Crippen LogP contribution < -0.4 is 10.6 Å². The first-order valence-corrected chi connectivity index (χ1v) is 6.80. The van der Waals surface area contributed by atoms with Crippen LogP contribution in [0.1, 0.15) is 29.3 Å². The molecule has 2 amide bonds. The van der Waals surface area contributed by atoms with Gasteiger partial charge in [0.2, 0.25) is 5.91 Å². The highest BCUT2D eigenvalue weighted by atomic mass is 16.5. The molecule has 0 saturated heterocycles. The Morgan fingerprint density at radius 1 is 1.23 bits per heavy atom. The Morgan fingerprint density at radius 2 is 1.86 bits per heavy atom. The first-order chi connectivity index (χ1) is 10.4. The number of hydrogen-bond donors (Lipinski definition) is 3. The van der Waals surface area contributed by atoms with Crippen molar-refractivity contribution in [3.8, 4) is 0 Å². The number of ether oxygens (including phenoxy) is 1. The minimum Gasteiger partial charge on any atom is -0.480 e. The van der Waals surface area contributed by atoms with Crippen molar-refractivity contribution >= 4 is 17.8 Å². The number of carbonyl (C=O) groups excluding carboxylic acids is 2. The Labute approximate surface area is 128 Å². The Hall–Kier alpha value is -2.41. The number of methoxy groups -OCH3 is 1. The summed E-state index contributed by atoms with van der Waals surface area (Å²) in [6.45, 7) is 2.05. The molecule has 3 N–H and O–H groups in total. The average Bonchev–Trinajstić information content (AvgIpc) is 2.49. The fraction of sp³-hybridized carbons (Fsp3) is 0.400. The monoisotopic (exact) mass is 308 g/mol. The van der Waals surface area contributed by atoms with Crippen LogP contribution in [0.3, 0.4) is 0 Å². The maximum Gasteiger partial charge on any atom is 0.326 e. The quantitative estimate of drug-likeness (QED) is 0.650. The number of hydrogen-bond acceptors (Lipinski definition) is 4. The van der Waals surface area contributed by atoms with E-state index in [1.54, 1.807) is 24.3 Å². The lowest BCUT2D eigenvalue weighted by Gasteiger charge is -2.14. The van der Waals surface area contributed by atoms with E-state index in [-0.39, 0.29) is 18.9 Å². The van der Waals surface area contributed by atoms with Gasteiger partial charge in [-0.2, -0.15) is 0 Å². The molecule has 0 saturated carbocycles. The number of carbonyl (C=O) groups is 3. The second-order valence-corrected chi connectivity index (χ2v) is 4.75. The molecule has 7 nitrogen and oxygen atoms in total. The number of aliphatic carboxylic acids is 1. The van der Waals surface area contributed by atoms with E-state index in [0.717, 1.165) is 5.56 Å². The topological polar surface area (TPSA) is 105 Å². The van der Waals surface area contributed by atoms with Gasteiger partial charge in [-0.25, -0.2) is 4.79 Å². The van der Waals surface area contributed by atoms with Gasteiger partial charge in [0, 0.05) is 39.2 Å². The largest absolute Gasteiger partial charge is 0.480 e. The van der Waals surface area contributed by atoms with E-state index in [1.807, 2.05) is 0 Å². The molecule has 0 aromatic heterocycles. The maximum absolute atomic E-state index is 12.0. The normalized spacial score (nSPS) is 11.5. The Kier molecular flexibility index (Phi) is 7.04. The third kappa shape index (κ3) is 5.92. The van der Waals surface area contributed by atoms with Crippen molar-refractivity contribution in [2.75, 3.05) is 13.7 Å². The predicted octanol–water partition coefficient (Wildman–Crippen LogP) is 0.542. The molecule has 0 aliphatic heterocycles. The van der Waals surface area contributed by atoms with Gasteiger partial charge < -0.3 is 20.5 Å². The van der Waals surface area contributed by atoms with Crippen LogP contribution >= 0.6 is 0 Å². The SMILES string of the molecule is COCCC(NC(=O)c1ccc(CNC(C)=O)cc1)C(=O)O. The van der Waals surface area contributed by atoms with E-state index >= 15 is 0 Å². The first-order valence-electron chi connectivity index (χ1n) is 6.80. The fourth-order valence-electron chi connectivity index (χ4n) is 1.74. The number of carboxylic acids is 1. The van der Waals surface area contributed by atoms with Gasteiger partial charge in [-0.05, 0) is 17.7 Å². The molecule has 0 aliphatic carbocycles. The second-order valence-electron chi connectivity index (χ2n) is 4.75. The zero-order chi connectivity index (χ0) is 16.5. The van der Waals surface area contributed by atoms with E-state index < -0.39 is 17.9 Å². The van der Waals surface area contributed by atoms with Crippen molar-refractivity contribution in [3.05, 3.63) is 35.4 Å². The van der Waals surface area contributed by atoms with Crippen molar-refractivity contribution in [2.45, 2.75) is 25.9 Å². The summed E-state index contributed by atoms with van der Waals surface area (Å²) >= 11 is 0. The summed E-state index contributed by atoms with van der Waals surface area (Å²) in [6.07, 6.45) is 0.193. The molecule has 0 radical (unpaired) electrons. The lowest BCUT2D eigenvalue weighted by molar-refractivity contribution is -0.139. The van der Waals surface area contributed by atoms with Gasteiger partial charge in [0.15, 0.2) is 0 Å². The van der Waals surface area contributed by atoms with Gasteiger partial charge >= 0.3 is 5.97 Å². The number of carboxylic acid groups (broad SMARTS) is 1. The zero-order valence-corrected chi connectivity index (χ0v) is 12.6. The molecule has 1 aromatic rings. The van der Waals surface area contributed by atoms with Crippen LogP contribution in [0.4, 0.5) is 0 Å². The van der Waals surface area contributed by atoms with Gasteiger partial charge in [0.25, 0.3) is 5.91 Å². The molecule has 1 rings (SSSR count). The van der Waals surface area contributed by atoms with Crippen molar-refractivity contribution in [3.63, 3.8) is 0 Å². The van der Waals surface area contributed by atoms with Gasteiger partial charge in [-0.3, -0.25) is 9.59 Å². The van der Waals surface area contributed by atoms with Crippen LogP contribution in [0.5, 0.6) is 0 Å². The number of benzene rings is 1. The second kappa shape index (κ2) is 8.78. The third-order valence-electron chi connectivity index (χ3n) is 2.97. The summed E-state index contributed by atoms with van der Waals surface area (Å²) in [6, 6.07) is 5.58. The summed E-state index contributed by atoms with van der Waals surface area (Å²) in [5.41, 5.74) is 1.20. The van der Waals surface area contributed by atoms with Crippen LogP contribution in [0.15, 0.2) is 24.3 Å². The van der Waals surface area contributed by atoms with E-state index in [4.69, 9.17) is 9.84 Å². The van der Waals surface area contributed by atoms with Crippen LogP contribution in [-0.4, -0.2) is 42.6 Å². The Morgan fingerprint density at radius 3 is 2.36 bits per heavy atom. The van der Waals surface area contributed by atoms with Gasteiger partial charge in [0.1, 0.15) is 6.04 Å². The number of rotatable bonds is 8. The minimum absolute atomic E-state index is 0.135. The summed E-state index contributed by atoms with van der Waals surface area (Å²) < 4.78 is 4.82. The van der Waals surface area contributed by atoms with Gasteiger partial charge in [-0.15, -0.1) is 0 Å². The molecule has 1 aromatic carbocycles. The highest BCUT2D eigenvalue weighted by Crippen LogP contribution is 2.05. The standard InChI is InChI=1S/C15H20N2O5/c1-10(18)16-9-11-3-5-12(6-4-11)14(19)17-13(15(20)21)7-8-22-2/h3-6,13H,7-9H2,1-2H3,(H,16,18)(H,17,19)(H,20,21). The highest BCUT2D eigenvalue weighted by molar-refractivity contribution is 5.96. The number of amides is 2. The number of nitrogens with one attached hydrogen (secondary N) is 2. The van der Waals surface area contributed by atoms with Crippen molar-refractivity contribution in [2.24, 2.45) is 0 Å². The lowest BCUT2D eigenvalue weighted by Crippen LogP contribution is -2.41. The summed E-state index contributed by atoms with van der Waals surface area (Å²) in [5, 5.41) is 14.2. The smallest absolute Gasteiger partial charge is 0.326 e. The van der Waals surface area contributed by atoms with E-state index in [1.165, 1.54) is 14.0 Å². The summed E-state index contributed by atoms with van der Waals surface area (Å²) in [5.74, 6) is -1.70. The highest BCUT2D eigenvalue weighted by Gasteiger charge is 2.20. The van der Waals surface area contributed by atoms with Gasteiger partial charge in [-0.1, -0.05) is 12.1 Å². The molecule has 7 heteroatoms. The average molecular weight is 308 g/mol. The molecule has 0 aliphatic rings. The van der Waals surface area contributed by atoms with Crippen LogP contribution in [0, 0.1) is 0 Å². The Balaban J connectivity index is 2.64. The summed E-state index contributed by atoms with van der Waals surface area (Å²) in [7, 11) is 1.47. The van der Waals surface area contributed by atoms with Crippen molar-refractivity contribution in [1.29, 1.82) is 0 Å². The van der Waals surface area contributed by atoms with Crippen molar-refractivity contribution < 1.29 is 24.2 Å². The zero-order valence-electron chi connectivity index (χ0n) is 12.6. The first kappa shape index (κ1) is 17.6. The predicted molar refractivity (Wildman–Crippen MR) is 79.3 cm³/mol. The lowest BCUT2D eigenvalue weighted by atomic mass is 10.1. The minimum atomic E-state index is -1.10. The molecular weight excluding hydrogens is 288 g/mol. The van der Waals surface area contributed by atoms with Gasteiger partial charge in [0.05, 0.1) is 0 Å². The molecule has 22 heavy (non-hydrogen) atoms. The molecular formula is C15H20N2O5. The van der Waals surface area contributed by atoms with E-state index in [0.29, 0.717) is 12.1 Å². The molecule has 1 atom stereocenters. The van der Waals surface area contributed by atoms with Crippen molar-refractivity contribution in [1.82, 2.24) is 10.6 Å². The molecule has 120 valence electrons. The molecule has 1 unspecified atom stereocenters. The molecule has 0 spiro atoms. The maximum atomic E-state index is 12.0. The summed E-state index contributed by atoms with van der Waals surface area (Å²) in [4.78, 5) is 33.9. The Bertz CT molecular complexity index is 527. The fourth-order valence-corrected chi connectivity index (χ4v) is 1.74. The van der Waals surface area contributed by atoms with Crippen LogP contribution in [0.25, 0.3) is 0 Å².